The van der Waals surface area contributed by atoms with Crippen molar-refractivity contribution in [2.45, 2.75) is 50.7 Å². The molecule has 2 rings (SSSR count). The third-order valence-corrected chi connectivity index (χ3v) is 4.00. The van der Waals surface area contributed by atoms with Crippen molar-refractivity contribution in [2.24, 2.45) is 11.7 Å². The van der Waals surface area contributed by atoms with Gasteiger partial charge in [-0.15, -0.1) is 0 Å². The van der Waals surface area contributed by atoms with Crippen LogP contribution in [0.2, 0.25) is 0 Å². The predicted molar refractivity (Wildman–Crippen MR) is 64.7 cm³/mol. The van der Waals surface area contributed by atoms with E-state index in [1.165, 1.54) is 0 Å². The first kappa shape index (κ1) is 13.0. The molecule has 4 heteroatoms. The average molecular weight is 241 g/mol. The third-order valence-electron chi connectivity index (χ3n) is 4.00. The summed E-state index contributed by atoms with van der Waals surface area (Å²) in [6.07, 6.45) is 3.97. The Morgan fingerprint density at radius 3 is 3.00 bits per heavy atom. The van der Waals surface area contributed by atoms with Crippen LogP contribution in [0.25, 0.3) is 0 Å². The lowest BCUT2D eigenvalue weighted by Gasteiger charge is -2.36. The second-order valence-electron chi connectivity index (χ2n) is 5.36. The van der Waals surface area contributed by atoms with Crippen LogP contribution >= 0.6 is 0 Å². The molecule has 2 fully saturated rings. The zero-order valence-electron chi connectivity index (χ0n) is 10.6. The highest BCUT2D eigenvalue weighted by Crippen LogP contribution is 2.36. The molecule has 2 N–H and O–H groups in total. The highest BCUT2D eigenvalue weighted by Gasteiger charge is 2.42. The highest BCUT2D eigenvalue weighted by atomic mass is 16.6. The van der Waals surface area contributed by atoms with E-state index in [-0.39, 0.29) is 17.6 Å². The SMILES string of the molecule is CCC(N)CC(=O)C1CCOC2(CCOC2)C1. The Morgan fingerprint density at radius 2 is 2.35 bits per heavy atom. The summed E-state index contributed by atoms with van der Waals surface area (Å²) in [5.74, 6) is 0.442. The predicted octanol–water partition coefficient (Wildman–Crippen LogP) is 1.27. The van der Waals surface area contributed by atoms with Crippen molar-refractivity contribution in [3.8, 4) is 0 Å². The zero-order chi connectivity index (χ0) is 12.3. The Hall–Kier alpha value is -0.450. The Balaban J connectivity index is 1.90. The first-order valence-electron chi connectivity index (χ1n) is 6.65. The monoisotopic (exact) mass is 241 g/mol. The molecule has 1 spiro atoms. The molecule has 3 unspecified atom stereocenters. The second kappa shape index (κ2) is 5.46. The number of rotatable bonds is 4. The molecule has 0 bridgehead atoms. The van der Waals surface area contributed by atoms with Gasteiger partial charge in [-0.1, -0.05) is 6.92 Å². The van der Waals surface area contributed by atoms with Crippen molar-refractivity contribution < 1.29 is 14.3 Å². The molecular weight excluding hydrogens is 218 g/mol. The quantitative estimate of drug-likeness (QED) is 0.805. The first-order chi connectivity index (χ1) is 8.15. The van der Waals surface area contributed by atoms with Gasteiger partial charge in [-0.25, -0.2) is 0 Å². The van der Waals surface area contributed by atoms with E-state index in [0.717, 1.165) is 32.3 Å². The van der Waals surface area contributed by atoms with Gasteiger partial charge in [-0.05, 0) is 19.3 Å². The van der Waals surface area contributed by atoms with Gasteiger partial charge in [0, 0.05) is 38.0 Å². The van der Waals surface area contributed by atoms with E-state index in [9.17, 15) is 4.79 Å². The van der Waals surface area contributed by atoms with E-state index in [4.69, 9.17) is 15.2 Å². The molecule has 17 heavy (non-hydrogen) atoms. The van der Waals surface area contributed by atoms with E-state index in [1.807, 2.05) is 6.92 Å². The molecule has 0 aliphatic carbocycles. The molecule has 4 nitrogen and oxygen atoms in total. The van der Waals surface area contributed by atoms with Gasteiger partial charge >= 0.3 is 0 Å². The average Bonchev–Trinajstić information content (AvgIpc) is 2.77. The number of carbonyl (C=O) groups is 1. The molecule has 2 aliphatic rings. The summed E-state index contributed by atoms with van der Waals surface area (Å²) in [7, 11) is 0. The molecule has 2 aliphatic heterocycles. The van der Waals surface area contributed by atoms with Crippen molar-refractivity contribution in [1.29, 1.82) is 0 Å². The molecule has 0 saturated carbocycles. The van der Waals surface area contributed by atoms with E-state index < -0.39 is 0 Å². The third kappa shape index (κ3) is 3.06. The summed E-state index contributed by atoms with van der Waals surface area (Å²) in [6.45, 7) is 4.11. The lowest BCUT2D eigenvalue weighted by molar-refractivity contribution is -0.137. The van der Waals surface area contributed by atoms with Gasteiger partial charge in [0.05, 0.1) is 12.2 Å². The number of hydrogen-bond donors (Lipinski definition) is 1. The first-order valence-corrected chi connectivity index (χ1v) is 6.65. The molecule has 0 aromatic heterocycles. The maximum Gasteiger partial charge on any atom is 0.137 e. The minimum absolute atomic E-state index is 0.0149. The van der Waals surface area contributed by atoms with Crippen molar-refractivity contribution in [1.82, 2.24) is 0 Å². The van der Waals surface area contributed by atoms with Crippen LogP contribution in [0, 0.1) is 5.92 Å². The van der Waals surface area contributed by atoms with Crippen LogP contribution in [0.5, 0.6) is 0 Å². The normalized spacial score (nSPS) is 35.1. The smallest absolute Gasteiger partial charge is 0.137 e. The summed E-state index contributed by atoms with van der Waals surface area (Å²) < 4.78 is 11.2. The van der Waals surface area contributed by atoms with E-state index in [2.05, 4.69) is 0 Å². The fraction of sp³-hybridized carbons (Fsp3) is 0.923. The van der Waals surface area contributed by atoms with Gasteiger partial charge in [0.1, 0.15) is 5.78 Å². The number of hydrogen-bond acceptors (Lipinski definition) is 4. The van der Waals surface area contributed by atoms with Crippen molar-refractivity contribution in [3.05, 3.63) is 0 Å². The maximum atomic E-state index is 12.1. The van der Waals surface area contributed by atoms with Crippen LogP contribution in [0.1, 0.15) is 39.0 Å². The number of carbonyl (C=O) groups excluding carboxylic acids is 1. The Kier molecular flexibility index (Phi) is 4.17. The van der Waals surface area contributed by atoms with Crippen LogP contribution in [-0.2, 0) is 14.3 Å². The minimum Gasteiger partial charge on any atom is -0.378 e. The van der Waals surface area contributed by atoms with Crippen LogP contribution in [0.3, 0.4) is 0 Å². The molecule has 2 heterocycles. The highest BCUT2D eigenvalue weighted by molar-refractivity contribution is 5.81. The second-order valence-corrected chi connectivity index (χ2v) is 5.36. The van der Waals surface area contributed by atoms with E-state index in [1.54, 1.807) is 0 Å². The van der Waals surface area contributed by atoms with Gasteiger partial charge in [0.15, 0.2) is 0 Å². The molecular formula is C13H23NO3. The number of ketones is 1. The standard InChI is InChI=1S/C13H23NO3/c1-2-11(14)7-12(15)10-3-5-17-13(8-10)4-6-16-9-13/h10-11H,2-9,14H2,1H3. The Labute approximate surface area is 103 Å². The lowest BCUT2D eigenvalue weighted by Crippen LogP contribution is -2.43. The number of Topliss-reactive ketones (excluding diaryl/α,β-unsaturated/α-hetero) is 1. The number of nitrogens with two attached hydrogens (primary N) is 1. The lowest BCUT2D eigenvalue weighted by atomic mass is 9.81. The Bertz CT molecular complexity index is 274. The summed E-state index contributed by atoms with van der Waals surface area (Å²) in [4.78, 5) is 12.1. The fourth-order valence-electron chi connectivity index (χ4n) is 2.74. The topological polar surface area (TPSA) is 61.6 Å². The molecule has 2 saturated heterocycles. The zero-order valence-corrected chi connectivity index (χ0v) is 10.6. The van der Waals surface area contributed by atoms with E-state index in [0.29, 0.717) is 25.4 Å². The molecule has 0 amide bonds. The molecule has 3 atom stereocenters. The van der Waals surface area contributed by atoms with Gasteiger partial charge in [0.25, 0.3) is 0 Å². The molecule has 98 valence electrons. The van der Waals surface area contributed by atoms with Crippen LogP contribution in [-0.4, -0.2) is 37.2 Å². The molecule has 0 aromatic carbocycles. The summed E-state index contributed by atoms with van der Waals surface area (Å²) >= 11 is 0. The van der Waals surface area contributed by atoms with Crippen molar-refractivity contribution in [2.75, 3.05) is 19.8 Å². The minimum atomic E-state index is -0.172. The van der Waals surface area contributed by atoms with Crippen molar-refractivity contribution >= 4 is 5.78 Å². The van der Waals surface area contributed by atoms with Crippen LogP contribution < -0.4 is 5.73 Å². The summed E-state index contributed by atoms with van der Waals surface area (Å²) in [5, 5.41) is 0. The largest absolute Gasteiger partial charge is 0.378 e. The fourth-order valence-corrected chi connectivity index (χ4v) is 2.74. The summed E-state index contributed by atoms with van der Waals surface area (Å²) in [5.41, 5.74) is 5.68. The molecule has 0 aromatic rings. The van der Waals surface area contributed by atoms with Crippen molar-refractivity contribution in [3.63, 3.8) is 0 Å². The van der Waals surface area contributed by atoms with Gasteiger partial charge in [-0.2, -0.15) is 0 Å². The van der Waals surface area contributed by atoms with Crippen LogP contribution in [0.15, 0.2) is 0 Å². The Morgan fingerprint density at radius 1 is 1.53 bits per heavy atom. The van der Waals surface area contributed by atoms with Gasteiger partial charge < -0.3 is 15.2 Å². The maximum absolute atomic E-state index is 12.1. The van der Waals surface area contributed by atoms with Crippen LogP contribution in [0.4, 0.5) is 0 Å². The number of ether oxygens (including phenoxy) is 2. The van der Waals surface area contributed by atoms with E-state index >= 15 is 0 Å². The van der Waals surface area contributed by atoms with Gasteiger partial charge in [0.2, 0.25) is 0 Å². The molecule has 0 radical (unpaired) electrons. The summed E-state index contributed by atoms with van der Waals surface area (Å²) in [6, 6.07) is 0.0149. The van der Waals surface area contributed by atoms with Gasteiger partial charge in [-0.3, -0.25) is 4.79 Å².